The molecule has 0 radical (unpaired) electrons. The Morgan fingerprint density at radius 3 is 2.42 bits per heavy atom. The van der Waals surface area contributed by atoms with Gasteiger partial charge in [-0.3, -0.25) is 9.69 Å². The number of para-hydroxylation sites is 1. The van der Waals surface area contributed by atoms with Crippen molar-refractivity contribution in [3.63, 3.8) is 0 Å². The smallest absolute Gasteiger partial charge is 0.221 e. The highest BCUT2D eigenvalue weighted by Gasteiger charge is 2.14. The number of benzene rings is 2. The van der Waals surface area contributed by atoms with Crippen molar-refractivity contribution in [3.8, 4) is 0 Å². The van der Waals surface area contributed by atoms with Gasteiger partial charge in [-0.1, -0.05) is 55.5 Å². The second-order valence-corrected chi connectivity index (χ2v) is 6.06. The summed E-state index contributed by atoms with van der Waals surface area (Å²) < 4.78 is 0. The minimum atomic E-state index is -0.360. The second kappa shape index (κ2) is 9.21. The zero-order valence-corrected chi connectivity index (χ0v) is 14.4. The van der Waals surface area contributed by atoms with Gasteiger partial charge in [-0.05, 0) is 23.6 Å². The van der Waals surface area contributed by atoms with Gasteiger partial charge in [0.15, 0.2) is 0 Å². The van der Waals surface area contributed by atoms with Crippen LogP contribution in [0.25, 0.3) is 0 Å². The third-order valence-electron chi connectivity index (χ3n) is 3.91. The van der Waals surface area contributed by atoms with Crippen LogP contribution in [0.4, 0.5) is 5.69 Å². The molecule has 1 unspecified atom stereocenters. The lowest BCUT2D eigenvalue weighted by Gasteiger charge is -2.26. The lowest BCUT2D eigenvalue weighted by Crippen LogP contribution is -2.31. The van der Waals surface area contributed by atoms with E-state index in [1.54, 1.807) is 0 Å². The molecule has 0 fully saturated rings. The third kappa shape index (κ3) is 5.80. The standard InChI is InChI=1S/C20H26N2O2/c1-3-19(24)15-22(13-17-9-5-4-6-10-17)14-18-11-7-8-12-20(18)21-16(2)23/h4-12,19,24H,3,13-15H2,1-2H3,(H,21,23). The Bertz CT molecular complexity index is 643. The Balaban J connectivity index is 2.17. The number of nitrogens with zero attached hydrogens (tertiary/aromatic N) is 1. The number of rotatable bonds is 8. The summed E-state index contributed by atoms with van der Waals surface area (Å²) in [6.07, 6.45) is 0.361. The van der Waals surface area contributed by atoms with E-state index in [1.165, 1.54) is 12.5 Å². The lowest BCUT2D eigenvalue weighted by molar-refractivity contribution is -0.114. The molecule has 1 atom stereocenters. The molecule has 24 heavy (non-hydrogen) atoms. The van der Waals surface area contributed by atoms with E-state index in [0.29, 0.717) is 13.1 Å². The summed E-state index contributed by atoms with van der Waals surface area (Å²) in [6, 6.07) is 18.0. The van der Waals surface area contributed by atoms with Crippen LogP contribution in [0.3, 0.4) is 0 Å². The molecular weight excluding hydrogens is 300 g/mol. The molecule has 0 spiro atoms. The topological polar surface area (TPSA) is 52.6 Å². The molecule has 1 amide bonds. The normalized spacial score (nSPS) is 12.2. The number of aliphatic hydroxyl groups is 1. The largest absolute Gasteiger partial charge is 0.392 e. The van der Waals surface area contributed by atoms with Crippen molar-refractivity contribution in [1.29, 1.82) is 0 Å². The Morgan fingerprint density at radius 2 is 1.75 bits per heavy atom. The molecule has 2 aromatic rings. The number of carbonyl (C=O) groups is 1. The highest BCUT2D eigenvalue weighted by molar-refractivity contribution is 5.89. The van der Waals surface area contributed by atoms with E-state index in [4.69, 9.17) is 0 Å². The minimum absolute atomic E-state index is 0.0781. The number of hydrogen-bond acceptors (Lipinski definition) is 3. The highest BCUT2D eigenvalue weighted by Crippen LogP contribution is 2.19. The molecule has 0 aliphatic rings. The Morgan fingerprint density at radius 1 is 1.08 bits per heavy atom. The van der Waals surface area contributed by atoms with Crippen molar-refractivity contribution in [1.82, 2.24) is 4.90 Å². The number of nitrogens with one attached hydrogen (secondary N) is 1. The molecule has 4 nitrogen and oxygen atoms in total. The number of hydrogen-bond donors (Lipinski definition) is 2. The molecule has 0 saturated carbocycles. The number of aliphatic hydroxyl groups excluding tert-OH is 1. The summed E-state index contributed by atoms with van der Waals surface area (Å²) in [5.41, 5.74) is 3.08. The Hall–Kier alpha value is -2.17. The molecular formula is C20H26N2O2. The average molecular weight is 326 g/mol. The van der Waals surface area contributed by atoms with E-state index in [-0.39, 0.29) is 12.0 Å². The van der Waals surface area contributed by atoms with Crippen LogP contribution in [0.2, 0.25) is 0 Å². The molecule has 0 heterocycles. The summed E-state index contributed by atoms with van der Waals surface area (Å²) in [5.74, 6) is -0.0781. The summed E-state index contributed by atoms with van der Waals surface area (Å²) in [4.78, 5) is 13.6. The predicted molar refractivity (Wildman–Crippen MR) is 97.6 cm³/mol. The zero-order valence-electron chi connectivity index (χ0n) is 14.4. The van der Waals surface area contributed by atoms with Crippen molar-refractivity contribution in [2.24, 2.45) is 0 Å². The first-order valence-electron chi connectivity index (χ1n) is 8.38. The van der Waals surface area contributed by atoms with Crippen LogP contribution in [0, 0.1) is 0 Å². The maximum atomic E-state index is 11.4. The van der Waals surface area contributed by atoms with Gasteiger partial charge in [0, 0.05) is 32.2 Å². The molecule has 128 valence electrons. The maximum absolute atomic E-state index is 11.4. The van der Waals surface area contributed by atoms with Gasteiger partial charge in [-0.25, -0.2) is 0 Å². The van der Waals surface area contributed by atoms with Crippen LogP contribution in [0.15, 0.2) is 54.6 Å². The first kappa shape index (κ1) is 18.2. The van der Waals surface area contributed by atoms with Crippen LogP contribution < -0.4 is 5.32 Å². The van der Waals surface area contributed by atoms with Gasteiger partial charge in [0.05, 0.1) is 6.10 Å². The van der Waals surface area contributed by atoms with Crippen LogP contribution >= 0.6 is 0 Å². The quantitative estimate of drug-likeness (QED) is 0.781. The van der Waals surface area contributed by atoms with Crippen molar-refractivity contribution in [3.05, 3.63) is 65.7 Å². The summed E-state index contributed by atoms with van der Waals surface area (Å²) in [5, 5.41) is 13.0. The molecule has 2 rings (SSSR count). The Kier molecular flexibility index (Phi) is 6.97. The molecule has 0 bridgehead atoms. The fourth-order valence-electron chi connectivity index (χ4n) is 2.66. The zero-order chi connectivity index (χ0) is 17.4. The first-order chi connectivity index (χ1) is 11.6. The van der Waals surface area contributed by atoms with Gasteiger partial charge in [-0.15, -0.1) is 0 Å². The highest BCUT2D eigenvalue weighted by atomic mass is 16.3. The molecule has 0 saturated heterocycles. The molecule has 0 aromatic heterocycles. The van der Waals surface area contributed by atoms with E-state index in [0.717, 1.165) is 24.2 Å². The Labute approximate surface area is 144 Å². The lowest BCUT2D eigenvalue weighted by atomic mass is 10.1. The molecule has 0 aliphatic carbocycles. The van der Waals surface area contributed by atoms with Crippen LogP contribution in [0.1, 0.15) is 31.4 Å². The van der Waals surface area contributed by atoms with E-state index >= 15 is 0 Å². The SMILES string of the molecule is CCC(O)CN(Cc1ccccc1)Cc1ccccc1NC(C)=O. The van der Waals surface area contributed by atoms with Crippen LogP contribution in [-0.4, -0.2) is 28.6 Å². The van der Waals surface area contributed by atoms with Crippen LogP contribution in [0.5, 0.6) is 0 Å². The van der Waals surface area contributed by atoms with E-state index in [9.17, 15) is 9.90 Å². The number of carbonyl (C=O) groups excluding carboxylic acids is 1. The monoisotopic (exact) mass is 326 g/mol. The van der Waals surface area contributed by atoms with E-state index in [1.807, 2.05) is 49.4 Å². The third-order valence-corrected chi connectivity index (χ3v) is 3.91. The summed E-state index contributed by atoms with van der Waals surface area (Å²) in [6.45, 7) is 5.52. The summed E-state index contributed by atoms with van der Waals surface area (Å²) in [7, 11) is 0. The average Bonchev–Trinajstić information content (AvgIpc) is 2.57. The first-order valence-corrected chi connectivity index (χ1v) is 8.38. The number of anilines is 1. The van der Waals surface area contributed by atoms with Gasteiger partial charge in [-0.2, -0.15) is 0 Å². The fraction of sp³-hybridized carbons (Fsp3) is 0.350. The van der Waals surface area contributed by atoms with E-state index in [2.05, 4.69) is 22.3 Å². The predicted octanol–water partition coefficient (Wildman–Crippen LogP) is 3.42. The van der Waals surface area contributed by atoms with Gasteiger partial charge in [0.2, 0.25) is 5.91 Å². The molecule has 2 aromatic carbocycles. The fourth-order valence-corrected chi connectivity index (χ4v) is 2.66. The van der Waals surface area contributed by atoms with Gasteiger partial charge >= 0.3 is 0 Å². The van der Waals surface area contributed by atoms with Crippen LogP contribution in [-0.2, 0) is 17.9 Å². The van der Waals surface area contributed by atoms with Crippen molar-refractivity contribution in [2.45, 2.75) is 39.5 Å². The van der Waals surface area contributed by atoms with Gasteiger partial charge in [0.25, 0.3) is 0 Å². The summed E-state index contributed by atoms with van der Waals surface area (Å²) >= 11 is 0. The molecule has 0 aliphatic heterocycles. The van der Waals surface area contributed by atoms with Gasteiger partial charge < -0.3 is 10.4 Å². The molecule has 2 N–H and O–H groups in total. The van der Waals surface area contributed by atoms with Crippen molar-refractivity contribution >= 4 is 11.6 Å². The van der Waals surface area contributed by atoms with Crippen molar-refractivity contribution in [2.75, 3.05) is 11.9 Å². The van der Waals surface area contributed by atoms with Crippen molar-refractivity contribution < 1.29 is 9.90 Å². The van der Waals surface area contributed by atoms with E-state index < -0.39 is 0 Å². The molecule has 4 heteroatoms. The number of amides is 1. The minimum Gasteiger partial charge on any atom is -0.392 e. The maximum Gasteiger partial charge on any atom is 0.221 e. The van der Waals surface area contributed by atoms with Gasteiger partial charge in [0.1, 0.15) is 0 Å². The second-order valence-electron chi connectivity index (χ2n) is 6.06.